The predicted molar refractivity (Wildman–Crippen MR) is 78.2 cm³/mol. The molecule has 0 amide bonds. The topological polar surface area (TPSA) is 69.4 Å². The standard InChI is InChI=1S/C15H19NO3S/c1-2-19-14(18)10-9-5-8-15(6-3-4-7-15)12(17)11(9)20-13(10)16/h2-8,16H2,1H3. The van der Waals surface area contributed by atoms with Crippen LogP contribution in [0.2, 0.25) is 0 Å². The highest BCUT2D eigenvalue weighted by Gasteiger charge is 2.46. The number of fused-ring (bicyclic) bond motifs is 1. The Bertz CT molecular complexity index is 570. The van der Waals surface area contributed by atoms with Crippen LogP contribution < -0.4 is 5.73 Å². The molecule has 0 aliphatic heterocycles. The van der Waals surface area contributed by atoms with Gasteiger partial charge in [0.15, 0.2) is 5.78 Å². The number of anilines is 1. The van der Waals surface area contributed by atoms with Crippen molar-refractivity contribution in [3.05, 3.63) is 16.0 Å². The lowest BCUT2D eigenvalue weighted by Gasteiger charge is -2.31. The van der Waals surface area contributed by atoms with E-state index in [1.165, 1.54) is 11.3 Å². The number of carbonyl (C=O) groups is 2. The van der Waals surface area contributed by atoms with E-state index in [0.29, 0.717) is 22.0 Å². The van der Waals surface area contributed by atoms with Crippen LogP contribution in [0.1, 0.15) is 64.6 Å². The fourth-order valence-corrected chi connectivity index (χ4v) is 4.75. The zero-order valence-electron chi connectivity index (χ0n) is 11.7. The first-order valence-corrected chi connectivity index (χ1v) is 8.04. The molecule has 2 aliphatic carbocycles. The molecule has 1 saturated carbocycles. The Hall–Kier alpha value is -1.36. The van der Waals surface area contributed by atoms with Crippen molar-refractivity contribution in [1.29, 1.82) is 0 Å². The first kappa shape index (κ1) is 13.6. The monoisotopic (exact) mass is 293 g/mol. The molecule has 4 nitrogen and oxygen atoms in total. The number of hydrogen-bond acceptors (Lipinski definition) is 5. The first-order valence-electron chi connectivity index (χ1n) is 7.22. The number of Topliss-reactive ketones (excluding diaryl/α,β-unsaturated/α-hetero) is 1. The fourth-order valence-electron chi connectivity index (χ4n) is 3.58. The number of rotatable bonds is 2. The van der Waals surface area contributed by atoms with E-state index in [-0.39, 0.29) is 11.2 Å². The molecule has 0 radical (unpaired) electrons. The predicted octanol–water partition coefficient (Wildman–Crippen LogP) is 3.20. The van der Waals surface area contributed by atoms with E-state index in [1.54, 1.807) is 6.92 Å². The number of nitrogen functional groups attached to an aromatic ring is 1. The molecule has 0 atom stereocenters. The van der Waals surface area contributed by atoms with Gasteiger partial charge < -0.3 is 10.5 Å². The average molecular weight is 293 g/mol. The van der Waals surface area contributed by atoms with E-state index in [9.17, 15) is 9.59 Å². The van der Waals surface area contributed by atoms with Crippen molar-refractivity contribution < 1.29 is 14.3 Å². The van der Waals surface area contributed by atoms with Crippen molar-refractivity contribution >= 4 is 28.1 Å². The van der Waals surface area contributed by atoms with Gasteiger partial charge in [0.25, 0.3) is 0 Å². The summed E-state index contributed by atoms with van der Waals surface area (Å²) >= 11 is 1.27. The Labute approximate surface area is 122 Å². The van der Waals surface area contributed by atoms with Crippen LogP contribution in [0.5, 0.6) is 0 Å². The molecule has 1 aromatic rings. The molecule has 1 aromatic heterocycles. The lowest BCUT2D eigenvalue weighted by atomic mass is 9.71. The third-order valence-corrected chi connectivity index (χ3v) is 5.68. The molecule has 0 unspecified atom stereocenters. The summed E-state index contributed by atoms with van der Waals surface area (Å²) in [6, 6.07) is 0. The van der Waals surface area contributed by atoms with E-state index < -0.39 is 5.97 Å². The Morgan fingerprint density at radius 1 is 1.35 bits per heavy atom. The van der Waals surface area contributed by atoms with Gasteiger partial charge in [0.1, 0.15) is 5.00 Å². The number of esters is 1. The Morgan fingerprint density at radius 3 is 2.70 bits per heavy atom. The van der Waals surface area contributed by atoms with Crippen LogP contribution in [0.25, 0.3) is 0 Å². The highest BCUT2D eigenvalue weighted by Crippen LogP contribution is 2.50. The third-order valence-electron chi connectivity index (χ3n) is 4.62. The summed E-state index contributed by atoms with van der Waals surface area (Å²) in [5.74, 6) is -0.179. The van der Waals surface area contributed by atoms with Crippen molar-refractivity contribution in [2.75, 3.05) is 12.3 Å². The molecule has 2 N–H and O–H groups in total. The van der Waals surface area contributed by atoms with E-state index in [4.69, 9.17) is 10.5 Å². The van der Waals surface area contributed by atoms with Crippen LogP contribution in [0, 0.1) is 5.41 Å². The number of carbonyl (C=O) groups excluding carboxylic acids is 2. The van der Waals surface area contributed by atoms with Gasteiger partial charge in [-0.1, -0.05) is 12.8 Å². The molecular weight excluding hydrogens is 274 g/mol. The van der Waals surface area contributed by atoms with E-state index >= 15 is 0 Å². The highest BCUT2D eigenvalue weighted by atomic mass is 32.1. The van der Waals surface area contributed by atoms with E-state index in [0.717, 1.165) is 44.1 Å². The van der Waals surface area contributed by atoms with Gasteiger partial charge in [-0.3, -0.25) is 4.79 Å². The second-order valence-corrected chi connectivity index (χ2v) is 6.74. The van der Waals surface area contributed by atoms with Crippen LogP contribution in [0.15, 0.2) is 0 Å². The summed E-state index contributed by atoms with van der Waals surface area (Å²) in [7, 11) is 0. The zero-order chi connectivity index (χ0) is 14.3. The Morgan fingerprint density at radius 2 is 2.05 bits per heavy atom. The van der Waals surface area contributed by atoms with Crippen LogP contribution in [-0.2, 0) is 11.2 Å². The maximum absolute atomic E-state index is 12.8. The number of ketones is 1. The quantitative estimate of drug-likeness (QED) is 0.850. The molecule has 108 valence electrons. The minimum Gasteiger partial charge on any atom is -0.462 e. The smallest absolute Gasteiger partial charge is 0.341 e. The zero-order valence-corrected chi connectivity index (χ0v) is 12.5. The molecule has 1 spiro atoms. The van der Waals surface area contributed by atoms with Gasteiger partial charge in [0.05, 0.1) is 17.0 Å². The molecular formula is C15H19NO3S. The average Bonchev–Trinajstić information content (AvgIpc) is 3.00. The molecule has 20 heavy (non-hydrogen) atoms. The summed E-state index contributed by atoms with van der Waals surface area (Å²) < 4.78 is 5.06. The molecule has 0 aromatic carbocycles. The van der Waals surface area contributed by atoms with Crippen molar-refractivity contribution in [1.82, 2.24) is 0 Å². The molecule has 0 bridgehead atoms. The number of thiophene rings is 1. The summed E-state index contributed by atoms with van der Waals surface area (Å²) in [6.45, 7) is 2.09. The van der Waals surface area contributed by atoms with Gasteiger partial charge in [-0.2, -0.15) is 0 Å². The van der Waals surface area contributed by atoms with Crippen LogP contribution in [-0.4, -0.2) is 18.4 Å². The fraction of sp³-hybridized carbons (Fsp3) is 0.600. The Balaban J connectivity index is 2.01. The maximum Gasteiger partial charge on any atom is 0.341 e. The van der Waals surface area contributed by atoms with Crippen LogP contribution >= 0.6 is 11.3 Å². The van der Waals surface area contributed by atoms with E-state index in [1.807, 2.05) is 0 Å². The number of hydrogen-bond donors (Lipinski definition) is 1. The van der Waals surface area contributed by atoms with Gasteiger partial charge in [-0.05, 0) is 38.2 Å². The summed E-state index contributed by atoms with van der Waals surface area (Å²) in [4.78, 5) is 25.5. The molecule has 1 fully saturated rings. The highest BCUT2D eigenvalue weighted by molar-refractivity contribution is 7.18. The summed E-state index contributed by atoms with van der Waals surface area (Å²) in [5.41, 5.74) is 7.06. The molecule has 5 heteroatoms. The SMILES string of the molecule is CCOC(=O)c1c(N)sc2c1CCC1(CCCC1)C2=O. The van der Waals surface area contributed by atoms with Crippen molar-refractivity contribution in [2.24, 2.45) is 5.41 Å². The minimum absolute atomic E-state index is 0.170. The first-order chi connectivity index (χ1) is 9.59. The lowest BCUT2D eigenvalue weighted by molar-refractivity contribution is 0.0526. The van der Waals surface area contributed by atoms with E-state index in [2.05, 4.69) is 0 Å². The van der Waals surface area contributed by atoms with Gasteiger partial charge in [0, 0.05) is 5.41 Å². The second kappa shape index (κ2) is 4.88. The summed E-state index contributed by atoms with van der Waals surface area (Å²) in [5, 5.41) is 0.428. The normalized spacial score (nSPS) is 20.1. The lowest BCUT2D eigenvalue weighted by Crippen LogP contribution is -2.33. The Kier molecular flexibility index (Phi) is 3.32. The van der Waals surface area contributed by atoms with Gasteiger partial charge >= 0.3 is 5.97 Å². The number of ether oxygens (including phenoxy) is 1. The van der Waals surface area contributed by atoms with Crippen LogP contribution in [0.3, 0.4) is 0 Å². The van der Waals surface area contributed by atoms with Gasteiger partial charge in [-0.15, -0.1) is 11.3 Å². The van der Waals surface area contributed by atoms with Crippen molar-refractivity contribution in [3.8, 4) is 0 Å². The largest absolute Gasteiger partial charge is 0.462 e. The van der Waals surface area contributed by atoms with Crippen molar-refractivity contribution in [2.45, 2.75) is 45.4 Å². The summed E-state index contributed by atoms with van der Waals surface area (Å²) in [6.07, 6.45) is 5.85. The maximum atomic E-state index is 12.8. The molecule has 2 aliphatic rings. The van der Waals surface area contributed by atoms with Crippen molar-refractivity contribution in [3.63, 3.8) is 0 Å². The minimum atomic E-state index is -0.391. The van der Waals surface area contributed by atoms with Gasteiger partial charge in [-0.25, -0.2) is 4.79 Å². The molecule has 3 rings (SSSR count). The third kappa shape index (κ3) is 1.87. The molecule has 1 heterocycles. The van der Waals surface area contributed by atoms with Gasteiger partial charge in [0.2, 0.25) is 0 Å². The second-order valence-electron chi connectivity index (χ2n) is 5.69. The van der Waals surface area contributed by atoms with Crippen LogP contribution in [0.4, 0.5) is 5.00 Å². The molecule has 0 saturated heterocycles. The number of nitrogens with two attached hydrogens (primary N) is 1.